The molecule has 1 aliphatic rings. The van der Waals surface area contributed by atoms with E-state index in [4.69, 9.17) is 0 Å². The Kier molecular flexibility index (Phi) is 6.49. The number of nitrogens with zero attached hydrogens (tertiary/aromatic N) is 1. The van der Waals surface area contributed by atoms with Gasteiger partial charge in [0.1, 0.15) is 0 Å². The first kappa shape index (κ1) is 19.5. The largest absolute Gasteiger partial charge is 0.243 e. The number of rotatable bonds is 6. The zero-order chi connectivity index (χ0) is 17.8. The Labute approximate surface area is 148 Å². The van der Waals surface area contributed by atoms with Crippen molar-refractivity contribution in [3.8, 4) is 0 Å². The molecule has 24 heavy (non-hydrogen) atoms. The molecule has 0 spiro atoms. The highest BCUT2D eigenvalue weighted by Gasteiger charge is 2.33. The normalized spacial score (nSPS) is 18.0. The van der Waals surface area contributed by atoms with E-state index in [1.165, 1.54) is 24.8 Å². The maximum Gasteiger partial charge on any atom is 0.243 e. The van der Waals surface area contributed by atoms with Gasteiger partial charge in [-0.1, -0.05) is 52.7 Å². The SMILES string of the molecule is CCCCCc1ccc(S(=O)(=O)N2CCC(C(C)(C)C)CC2)cc1. The molecule has 0 bridgehead atoms. The zero-order valence-electron chi connectivity index (χ0n) is 15.7. The number of hydrogen-bond donors (Lipinski definition) is 0. The maximum atomic E-state index is 12.8. The summed E-state index contributed by atoms with van der Waals surface area (Å²) in [5.74, 6) is 0.602. The van der Waals surface area contributed by atoms with Crippen LogP contribution in [0.2, 0.25) is 0 Å². The molecule has 1 saturated heterocycles. The minimum atomic E-state index is -3.34. The van der Waals surface area contributed by atoms with Gasteiger partial charge < -0.3 is 0 Å². The van der Waals surface area contributed by atoms with Gasteiger partial charge in [-0.3, -0.25) is 0 Å². The van der Waals surface area contributed by atoms with Crippen LogP contribution in [-0.2, 0) is 16.4 Å². The van der Waals surface area contributed by atoms with Crippen molar-refractivity contribution in [3.63, 3.8) is 0 Å². The molecule has 0 aliphatic carbocycles. The standard InChI is InChI=1S/C20H33NO2S/c1-5-6-7-8-17-9-11-19(12-10-17)24(22,23)21-15-13-18(14-16-21)20(2,3)4/h9-12,18H,5-8,13-16H2,1-4H3. The molecule has 0 unspecified atom stereocenters. The number of sulfonamides is 1. The van der Waals surface area contributed by atoms with Crippen LogP contribution in [0.1, 0.15) is 65.4 Å². The lowest BCUT2D eigenvalue weighted by Gasteiger charge is -2.38. The Balaban J connectivity index is 2.00. The fourth-order valence-electron chi connectivity index (χ4n) is 3.52. The molecule has 0 radical (unpaired) electrons. The summed E-state index contributed by atoms with van der Waals surface area (Å²) in [4.78, 5) is 0.441. The van der Waals surface area contributed by atoms with Gasteiger partial charge in [0.2, 0.25) is 10.0 Å². The summed E-state index contributed by atoms with van der Waals surface area (Å²) < 4.78 is 27.4. The summed E-state index contributed by atoms with van der Waals surface area (Å²) in [7, 11) is -3.34. The third kappa shape index (κ3) is 4.82. The van der Waals surface area contributed by atoms with Gasteiger partial charge in [-0.15, -0.1) is 0 Å². The topological polar surface area (TPSA) is 37.4 Å². The Bertz CT molecular complexity index is 606. The zero-order valence-corrected chi connectivity index (χ0v) is 16.5. The average molecular weight is 352 g/mol. The Morgan fingerprint density at radius 3 is 2.12 bits per heavy atom. The molecule has 1 aromatic rings. The van der Waals surface area contributed by atoms with E-state index in [-0.39, 0.29) is 5.41 Å². The van der Waals surface area contributed by atoms with Crippen LogP contribution in [0.4, 0.5) is 0 Å². The predicted octanol–water partition coefficient (Wildman–Crippen LogP) is 4.87. The third-order valence-electron chi connectivity index (χ3n) is 5.31. The van der Waals surface area contributed by atoms with E-state index in [0.29, 0.717) is 23.9 Å². The molecule has 1 aliphatic heterocycles. The van der Waals surface area contributed by atoms with Gasteiger partial charge in [0.05, 0.1) is 4.90 Å². The van der Waals surface area contributed by atoms with Crippen LogP contribution < -0.4 is 0 Å². The van der Waals surface area contributed by atoms with Gasteiger partial charge in [0, 0.05) is 13.1 Å². The van der Waals surface area contributed by atoms with Gasteiger partial charge in [0.15, 0.2) is 0 Å². The van der Waals surface area contributed by atoms with E-state index in [1.807, 2.05) is 12.1 Å². The van der Waals surface area contributed by atoms with Crippen molar-refractivity contribution in [3.05, 3.63) is 29.8 Å². The van der Waals surface area contributed by atoms with Gasteiger partial charge >= 0.3 is 0 Å². The summed E-state index contributed by atoms with van der Waals surface area (Å²) >= 11 is 0. The fourth-order valence-corrected chi connectivity index (χ4v) is 4.99. The second-order valence-electron chi connectivity index (χ2n) is 8.15. The lowest BCUT2D eigenvalue weighted by Crippen LogP contribution is -2.41. The summed E-state index contributed by atoms with van der Waals surface area (Å²) in [6.07, 6.45) is 6.55. The molecule has 0 aromatic heterocycles. The van der Waals surface area contributed by atoms with E-state index in [1.54, 1.807) is 16.4 Å². The minimum absolute atomic E-state index is 0.260. The van der Waals surface area contributed by atoms with E-state index in [2.05, 4.69) is 27.7 Å². The van der Waals surface area contributed by atoms with E-state index in [0.717, 1.165) is 19.3 Å². The van der Waals surface area contributed by atoms with Crippen molar-refractivity contribution >= 4 is 10.0 Å². The number of unbranched alkanes of at least 4 members (excludes halogenated alkanes) is 2. The number of benzene rings is 1. The highest BCUT2D eigenvalue weighted by Crippen LogP contribution is 2.35. The van der Waals surface area contributed by atoms with Crippen LogP contribution in [0, 0.1) is 11.3 Å². The summed E-state index contributed by atoms with van der Waals surface area (Å²) in [5, 5.41) is 0. The summed E-state index contributed by atoms with van der Waals surface area (Å²) in [6.45, 7) is 10.2. The lowest BCUT2D eigenvalue weighted by atomic mass is 9.76. The van der Waals surface area contributed by atoms with Crippen molar-refractivity contribution in [1.29, 1.82) is 0 Å². The van der Waals surface area contributed by atoms with Crippen LogP contribution in [0.25, 0.3) is 0 Å². The van der Waals surface area contributed by atoms with E-state index in [9.17, 15) is 8.42 Å². The van der Waals surface area contributed by atoms with E-state index < -0.39 is 10.0 Å². The fraction of sp³-hybridized carbons (Fsp3) is 0.700. The number of hydrogen-bond acceptors (Lipinski definition) is 2. The first-order chi connectivity index (χ1) is 11.2. The van der Waals surface area contributed by atoms with Crippen LogP contribution in [0.5, 0.6) is 0 Å². The molecule has 1 heterocycles. The first-order valence-corrected chi connectivity index (χ1v) is 10.8. The molecule has 2 rings (SSSR count). The van der Waals surface area contributed by atoms with Crippen LogP contribution in [0.15, 0.2) is 29.2 Å². The highest BCUT2D eigenvalue weighted by molar-refractivity contribution is 7.89. The highest BCUT2D eigenvalue weighted by atomic mass is 32.2. The first-order valence-electron chi connectivity index (χ1n) is 9.34. The molecule has 0 amide bonds. The number of piperidine rings is 1. The van der Waals surface area contributed by atoms with Crippen molar-refractivity contribution < 1.29 is 8.42 Å². The second kappa shape index (κ2) is 8.01. The summed E-state index contributed by atoms with van der Waals surface area (Å²) in [5.41, 5.74) is 1.49. The molecular formula is C20H33NO2S. The monoisotopic (exact) mass is 351 g/mol. The van der Waals surface area contributed by atoms with Gasteiger partial charge in [0.25, 0.3) is 0 Å². The number of aryl methyl sites for hydroxylation is 1. The van der Waals surface area contributed by atoms with Crippen molar-refractivity contribution in [2.45, 2.75) is 71.1 Å². The molecule has 4 heteroatoms. The van der Waals surface area contributed by atoms with Crippen LogP contribution in [0.3, 0.4) is 0 Å². The lowest BCUT2D eigenvalue weighted by molar-refractivity contribution is 0.154. The third-order valence-corrected chi connectivity index (χ3v) is 7.22. The Morgan fingerprint density at radius 1 is 1.04 bits per heavy atom. The van der Waals surface area contributed by atoms with Crippen molar-refractivity contribution in [2.24, 2.45) is 11.3 Å². The van der Waals surface area contributed by atoms with Gasteiger partial charge in [-0.25, -0.2) is 8.42 Å². The second-order valence-corrected chi connectivity index (χ2v) is 10.1. The molecule has 0 N–H and O–H groups in total. The van der Waals surface area contributed by atoms with Crippen LogP contribution >= 0.6 is 0 Å². The predicted molar refractivity (Wildman–Crippen MR) is 101 cm³/mol. The average Bonchev–Trinajstić information content (AvgIpc) is 2.55. The van der Waals surface area contributed by atoms with Crippen molar-refractivity contribution in [2.75, 3.05) is 13.1 Å². The molecule has 1 fully saturated rings. The summed E-state index contributed by atoms with van der Waals surface area (Å²) in [6, 6.07) is 7.52. The Morgan fingerprint density at radius 2 is 1.62 bits per heavy atom. The smallest absolute Gasteiger partial charge is 0.207 e. The molecule has 136 valence electrons. The molecule has 1 aromatic carbocycles. The molecular weight excluding hydrogens is 318 g/mol. The Hall–Kier alpha value is -0.870. The van der Waals surface area contributed by atoms with Crippen LogP contribution in [-0.4, -0.2) is 25.8 Å². The molecule has 3 nitrogen and oxygen atoms in total. The maximum absolute atomic E-state index is 12.8. The minimum Gasteiger partial charge on any atom is -0.207 e. The molecule has 0 atom stereocenters. The van der Waals surface area contributed by atoms with Gasteiger partial charge in [-0.05, 0) is 54.7 Å². The molecule has 0 saturated carbocycles. The van der Waals surface area contributed by atoms with Crippen molar-refractivity contribution in [1.82, 2.24) is 4.31 Å². The quantitative estimate of drug-likeness (QED) is 0.686. The van der Waals surface area contributed by atoms with Gasteiger partial charge in [-0.2, -0.15) is 4.31 Å². The van der Waals surface area contributed by atoms with E-state index >= 15 is 0 Å².